The van der Waals surface area contributed by atoms with Gasteiger partial charge in [0.05, 0.1) is 5.56 Å². The van der Waals surface area contributed by atoms with Crippen molar-refractivity contribution in [2.45, 2.75) is 20.3 Å². The molecule has 0 saturated carbocycles. The number of hydrogen-bond acceptors (Lipinski definition) is 2. The molecule has 0 aliphatic rings. The molecule has 2 nitrogen and oxygen atoms in total. The highest BCUT2D eigenvalue weighted by molar-refractivity contribution is 5.91. The fourth-order valence-electron chi connectivity index (χ4n) is 2.50. The van der Waals surface area contributed by atoms with E-state index in [0.717, 1.165) is 23.1 Å². The lowest BCUT2D eigenvalue weighted by Gasteiger charge is -2.07. The number of ether oxygens (including phenoxy) is 1. The molecule has 120 valence electrons. The molecule has 3 rings (SSSR count). The van der Waals surface area contributed by atoms with Crippen LogP contribution >= 0.6 is 0 Å². The lowest BCUT2D eigenvalue weighted by atomic mass is 10.0. The van der Waals surface area contributed by atoms with Gasteiger partial charge in [-0.2, -0.15) is 0 Å². The van der Waals surface area contributed by atoms with E-state index in [0.29, 0.717) is 11.3 Å². The highest BCUT2D eigenvalue weighted by atomic mass is 16.5. The number of benzene rings is 3. The molecule has 24 heavy (non-hydrogen) atoms. The van der Waals surface area contributed by atoms with Crippen molar-refractivity contribution >= 4 is 5.97 Å². The third-order valence-corrected chi connectivity index (χ3v) is 4.05. The van der Waals surface area contributed by atoms with Crippen LogP contribution in [-0.2, 0) is 6.42 Å². The minimum absolute atomic E-state index is 0.341. The van der Waals surface area contributed by atoms with Crippen LogP contribution in [-0.4, -0.2) is 5.97 Å². The molecule has 0 aromatic heterocycles. The Morgan fingerprint density at radius 3 is 1.88 bits per heavy atom. The number of hydrogen-bond donors (Lipinski definition) is 0. The van der Waals surface area contributed by atoms with Crippen molar-refractivity contribution in [2.24, 2.45) is 0 Å². The average Bonchev–Trinajstić information content (AvgIpc) is 2.64. The van der Waals surface area contributed by atoms with Crippen molar-refractivity contribution in [3.05, 3.63) is 89.5 Å². The quantitative estimate of drug-likeness (QED) is 0.473. The van der Waals surface area contributed by atoms with Crippen LogP contribution in [0.25, 0.3) is 11.1 Å². The molecule has 0 aliphatic heterocycles. The number of carbonyl (C=O) groups excluding carboxylic acids is 1. The van der Waals surface area contributed by atoms with Crippen LogP contribution < -0.4 is 4.74 Å². The van der Waals surface area contributed by atoms with Crippen LogP contribution in [0.4, 0.5) is 0 Å². The Balaban J connectivity index is 1.73. The van der Waals surface area contributed by atoms with Crippen molar-refractivity contribution in [1.29, 1.82) is 0 Å². The zero-order valence-corrected chi connectivity index (χ0v) is 14.0. The Morgan fingerprint density at radius 1 is 0.792 bits per heavy atom. The molecule has 0 amide bonds. The first-order chi connectivity index (χ1) is 11.7. The summed E-state index contributed by atoms with van der Waals surface area (Å²) >= 11 is 0. The zero-order chi connectivity index (χ0) is 16.9. The van der Waals surface area contributed by atoms with Crippen LogP contribution in [0.1, 0.15) is 28.4 Å². The summed E-state index contributed by atoms with van der Waals surface area (Å²) in [6, 6.07) is 23.4. The maximum Gasteiger partial charge on any atom is 0.343 e. The van der Waals surface area contributed by atoms with Crippen LogP contribution in [0.2, 0.25) is 0 Å². The van der Waals surface area contributed by atoms with Gasteiger partial charge in [0.15, 0.2) is 0 Å². The second kappa shape index (κ2) is 7.14. The predicted octanol–water partition coefficient (Wildman–Crippen LogP) is 5.44. The molecular weight excluding hydrogens is 296 g/mol. The highest BCUT2D eigenvalue weighted by Crippen LogP contribution is 2.21. The van der Waals surface area contributed by atoms with Gasteiger partial charge in [0.25, 0.3) is 0 Å². The van der Waals surface area contributed by atoms with Crippen LogP contribution in [0.3, 0.4) is 0 Å². The van der Waals surface area contributed by atoms with E-state index in [1.165, 1.54) is 5.56 Å². The minimum atomic E-state index is -0.341. The van der Waals surface area contributed by atoms with Crippen molar-refractivity contribution in [3.63, 3.8) is 0 Å². The van der Waals surface area contributed by atoms with Gasteiger partial charge in [-0.1, -0.05) is 61.0 Å². The van der Waals surface area contributed by atoms with Gasteiger partial charge in [0.1, 0.15) is 5.75 Å². The largest absolute Gasteiger partial charge is 0.423 e. The monoisotopic (exact) mass is 316 g/mol. The maximum absolute atomic E-state index is 12.2. The summed E-state index contributed by atoms with van der Waals surface area (Å²) < 4.78 is 5.39. The van der Waals surface area contributed by atoms with Crippen LogP contribution in [0, 0.1) is 6.92 Å². The Bertz CT molecular complexity index is 813. The third-order valence-electron chi connectivity index (χ3n) is 4.05. The van der Waals surface area contributed by atoms with E-state index >= 15 is 0 Å². The predicted molar refractivity (Wildman–Crippen MR) is 97.4 cm³/mol. The minimum Gasteiger partial charge on any atom is -0.423 e. The Labute approximate surface area is 142 Å². The van der Waals surface area contributed by atoms with Gasteiger partial charge in [-0.15, -0.1) is 0 Å². The fourth-order valence-corrected chi connectivity index (χ4v) is 2.50. The smallest absolute Gasteiger partial charge is 0.343 e. The SMILES string of the molecule is CCc1ccc(-c2ccc(C(=O)Oc3ccc(C)cc3)cc2)cc1. The Hall–Kier alpha value is -2.87. The zero-order valence-electron chi connectivity index (χ0n) is 14.0. The molecule has 2 heteroatoms. The summed E-state index contributed by atoms with van der Waals surface area (Å²) in [6.45, 7) is 4.14. The van der Waals surface area contributed by atoms with E-state index in [2.05, 4.69) is 31.2 Å². The average molecular weight is 316 g/mol. The Kier molecular flexibility index (Phi) is 4.76. The summed E-state index contributed by atoms with van der Waals surface area (Å²) in [5, 5.41) is 0. The lowest BCUT2D eigenvalue weighted by molar-refractivity contribution is 0.0735. The summed E-state index contributed by atoms with van der Waals surface area (Å²) in [5.41, 5.74) is 5.23. The summed E-state index contributed by atoms with van der Waals surface area (Å²) in [6.07, 6.45) is 1.03. The number of carbonyl (C=O) groups is 1. The van der Waals surface area contributed by atoms with E-state index in [9.17, 15) is 4.79 Å². The number of esters is 1. The van der Waals surface area contributed by atoms with Crippen molar-refractivity contribution < 1.29 is 9.53 Å². The second-order valence-corrected chi connectivity index (χ2v) is 5.83. The van der Waals surface area contributed by atoms with Crippen LogP contribution in [0.15, 0.2) is 72.8 Å². The van der Waals surface area contributed by atoms with Gasteiger partial charge in [0, 0.05) is 0 Å². The van der Waals surface area contributed by atoms with E-state index in [-0.39, 0.29) is 5.97 Å². The topological polar surface area (TPSA) is 26.3 Å². The van der Waals surface area contributed by atoms with E-state index in [1.807, 2.05) is 31.2 Å². The van der Waals surface area contributed by atoms with Gasteiger partial charge < -0.3 is 4.74 Å². The molecule has 0 N–H and O–H groups in total. The van der Waals surface area contributed by atoms with Crippen LogP contribution in [0.5, 0.6) is 5.75 Å². The molecule has 0 heterocycles. The molecule has 0 unspecified atom stereocenters. The summed E-state index contributed by atoms with van der Waals surface area (Å²) in [7, 11) is 0. The second-order valence-electron chi connectivity index (χ2n) is 5.83. The van der Waals surface area contributed by atoms with Gasteiger partial charge in [-0.3, -0.25) is 0 Å². The molecule has 3 aromatic rings. The number of rotatable bonds is 4. The van der Waals surface area contributed by atoms with Crippen molar-refractivity contribution in [3.8, 4) is 16.9 Å². The van der Waals surface area contributed by atoms with Crippen molar-refractivity contribution in [2.75, 3.05) is 0 Å². The molecular formula is C22H20O2. The normalized spacial score (nSPS) is 10.4. The first-order valence-electron chi connectivity index (χ1n) is 8.14. The lowest BCUT2D eigenvalue weighted by Crippen LogP contribution is -2.08. The summed E-state index contributed by atoms with van der Waals surface area (Å²) in [5.74, 6) is 0.219. The molecule has 3 aromatic carbocycles. The van der Waals surface area contributed by atoms with E-state index in [1.54, 1.807) is 24.3 Å². The first-order valence-corrected chi connectivity index (χ1v) is 8.14. The van der Waals surface area contributed by atoms with Gasteiger partial charge in [-0.25, -0.2) is 4.79 Å². The fraction of sp³-hybridized carbons (Fsp3) is 0.136. The standard InChI is InChI=1S/C22H20O2/c1-3-17-6-8-18(9-7-17)19-10-12-20(13-11-19)22(23)24-21-14-4-16(2)5-15-21/h4-15H,3H2,1-2H3. The maximum atomic E-state index is 12.2. The number of aryl methyl sites for hydroxylation is 2. The van der Waals surface area contributed by atoms with Gasteiger partial charge in [-0.05, 0) is 54.3 Å². The molecule has 0 fully saturated rings. The van der Waals surface area contributed by atoms with Gasteiger partial charge >= 0.3 is 5.97 Å². The molecule has 0 bridgehead atoms. The molecule has 0 atom stereocenters. The van der Waals surface area contributed by atoms with E-state index in [4.69, 9.17) is 4.74 Å². The van der Waals surface area contributed by atoms with E-state index < -0.39 is 0 Å². The molecule has 0 saturated heterocycles. The first kappa shape index (κ1) is 16.0. The molecule has 0 spiro atoms. The van der Waals surface area contributed by atoms with Crippen molar-refractivity contribution in [1.82, 2.24) is 0 Å². The third kappa shape index (κ3) is 3.72. The summed E-state index contributed by atoms with van der Waals surface area (Å²) in [4.78, 5) is 12.2. The highest BCUT2D eigenvalue weighted by Gasteiger charge is 2.09. The van der Waals surface area contributed by atoms with Gasteiger partial charge in [0.2, 0.25) is 0 Å². The Morgan fingerprint density at radius 2 is 1.33 bits per heavy atom. The molecule has 0 radical (unpaired) electrons. The molecule has 0 aliphatic carbocycles.